The minimum atomic E-state index is 0.240. The van der Waals surface area contributed by atoms with E-state index in [-0.39, 0.29) is 5.92 Å². The second-order valence-electron chi connectivity index (χ2n) is 6.22. The third kappa shape index (κ3) is 3.23. The van der Waals surface area contributed by atoms with E-state index < -0.39 is 0 Å². The highest BCUT2D eigenvalue weighted by Crippen LogP contribution is 2.21. The van der Waals surface area contributed by atoms with E-state index in [2.05, 4.69) is 35.9 Å². The van der Waals surface area contributed by atoms with Crippen molar-refractivity contribution >= 4 is 5.91 Å². The highest BCUT2D eigenvalue weighted by atomic mass is 16.2. The van der Waals surface area contributed by atoms with Gasteiger partial charge in [0.25, 0.3) is 0 Å². The predicted octanol–water partition coefficient (Wildman–Crippen LogP) is 0.785. The van der Waals surface area contributed by atoms with Crippen LogP contribution >= 0.6 is 0 Å². The average Bonchev–Trinajstić information content (AvgIpc) is 2.76. The summed E-state index contributed by atoms with van der Waals surface area (Å²) in [7, 11) is 0. The van der Waals surface area contributed by atoms with Crippen molar-refractivity contribution in [2.24, 2.45) is 11.8 Å². The molecular weight excluding hydrogens is 226 g/mol. The number of nitrogens with zero attached hydrogens (tertiary/aromatic N) is 2. The van der Waals surface area contributed by atoms with Crippen molar-refractivity contribution in [3.8, 4) is 0 Å². The number of carbonyl (C=O) groups is 1. The van der Waals surface area contributed by atoms with E-state index in [0.29, 0.717) is 17.9 Å². The largest absolute Gasteiger partial charge is 0.337 e. The van der Waals surface area contributed by atoms with E-state index in [4.69, 9.17) is 0 Å². The molecule has 0 aromatic rings. The SMILES string of the molecule is CC(C)CN1CC[C@@H](C(=O)N2CCNC[C@H]2C)C1. The number of piperazine rings is 1. The van der Waals surface area contributed by atoms with Crippen molar-refractivity contribution < 1.29 is 4.79 Å². The summed E-state index contributed by atoms with van der Waals surface area (Å²) in [6.07, 6.45) is 1.04. The standard InChI is InChI=1S/C14H27N3O/c1-11(2)9-16-6-4-13(10-16)14(18)17-7-5-15-8-12(17)3/h11-13,15H,4-10H2,1-3H3/t12-,13-/m1/s1. The fourth-order valence-corrected chi connectivity index (χ4v) is 3.12. The molecule has 18 heavy (non-hydrogen) atoms. The maximum atomic E-state index is 12.5. The number of nitrogens with one attached hydrogen (secondary N) is 1. The molecule has 1 amide bonds. The molecule has 0 bridgehead atoms. The molecule has 1 N–H and O–H groups in total. The molecule has 0 radical (unpaired) electrons. The van der Waals surface area contributed by atoms with Gasteiger partial charge >= 0.3 is 0 Å². The van der Waals surface area contributed by atoms with Gasteiger partial charge in [-0.2, -0.15) is 0 Å². The fraction of sp³-hybridized carbons (Fsp3) is 0.929. The Kier molecular flexibility index (Phi) is 4.62. The Morgan fingerprint density at radius 1 is 1.39 bits per heavy atom. The van der Waals surface area contributed by atoms with Crippen LogP contribution in [0.25, 0.3) is 0 Å². The fourth-order valence-electron chi connectivity index (χ4n) is 3.12. The van der Waals surface area contributed by atoms with Crippen LogP contribution in [0, 0.1) is 11.8 Å². The summed E-state index contributed by atoms with van der Waals surface area (Å²) in [5, 5.41) is 3.34. The maximum Gasteiger partial charge on any atom is 0.227 e. The number of rotatable bonds is 3. The van der Waals surface area contributed by atoms with Gasteiger partial charge in [-0.05, 0) is 25.8 Å². The molecule has 2 fully saturated rings. The van der Waals surface area contributed by atoms with Crippen molar-refractivity contribution in [2.75, 3.05) is 39.3 Å². The molecule has 4 nitrogen and oxygen atoms in total. The number of carbonyl (C=O) groups excluding carboxylic acids is 1. The maximum absolute atomic E-state index is 12.5. The molecule has 0 aromatic carbocycles. The van der Waals surface area contributed by atoms with Gasteiger partial charge in [-0.3, -0.25) is 4.79 Å². The average molecular weight is 253 g/mol. The summed E-state index contributed by atoms with van der Waals surface area (Å²) in [6.45, 7) is 12.6. The Balaban J connectivity index is 1.86. The smallest absolute Gasteiger partial charge is 0.227 e. The predicted molar refractivity (Wildman–Crippen MR) is 73.4 cm³/mol. The van der Waals surface area contributed by atoms with Gasteiger partial charge in [-0.15, -0.1) is 0 Å². The first-order valence-electron chi connectivity index (χ1n) is 7.31. The zero-order valence-corrected chi connectivity index (χ0v) is 12.0. The normalized spacial score (nSPS) is 30.1. The third-order valence-corrected chi connectivity index (χ3v) is 4.03. The first-order chi connectivity index (χ1) is 8.58. The van der Waals surface area contributed by atoms with Crippen molar-refractivity contribution in [1.82, 2.24) is 15.1 Å². The molecule has 0 saturated carbocycles. The van der Waals surface area contributed by atoms with Gasteiger partial charge in [-0.25, -0.2) is 0 Å². The number of hydrogen-bond donors (Lipinski definition) is 1. The van der Waals surface area contributed by atoms with Crippen LogP contribution in [0.4, 0.5) is 0 Å². The third-order valence-electron chi connectivity index (χ3n) is 4.03. The minimum absolute atomic E-state index is 0.240. The molecule has 0 aromatic heterocycles. The molecule has 0 spiro atoms. The number of amides is 1. The molecule has 2 saturated heterocycles. The lowest BCUT2D eigenvalue weighted by Gasteiger charge is -2.35. The van der Waals surface area contributed by atoms with Crippen LogP contribution in [0.2, 0.25) is 0 Å². The monoisotopic (exact) mass is 253 g/mol. The summed E-state index contributed by atoms with van der Waals surface area (Å²) in [5.41, 5.74) is 0. The lowest BCUT2D eigenvalue weighted by molar-refractivity contribution is -0.138. The molecule has 0 aliphatic carbocycles. The highest BCUT2D eigenvalue weighted by Gasteiger charge is 2.33. The molecule has 2 aliphatic rings. The summed E-state index contributed by atoms with van der Waals surface area (Å²) < 4.78 is 0. The Morgan fingerprint density at radius 2 is 2.17 bits per heavy atom. The molecule has 2 rings (SSSR count). The Labute approximate surface area is 111 Å². The molecule has 104 valence electrons. The van der Waals surface area contributed by atoms with E-state index in [0.717, 1.165) is 45.7 Å². The van der Waals surface area contributed by atoms with E-state index in [1.165, 1.54) is 0 Å². The van der Waals surface area contributed by atoms with Crippen LogP contribution in [0.15, 0.2) is 0 Å². The van der Waals surface area contributed by atoms with E-state index in [1.54, 1.807) is 0 Å². The summed E-state index contributed by atoms with van der Waals surface area (Å²) in [5.74, 6) is 1.32. The lowest BCUT2D eigenvalue weighted by atomic mass is 10.1. The van der Waals surface area contributed by atoms with Gasteiger partial charge in [0.05, 0.1) is 5.92 Å². The second-order valence-corrected chi connectivity index (χ2v) is 6.22. The second kappa shape index (κ2) is 6.02. The zero-order chi connectivity index (χ0) is 13.1. The minimum Gasteiger partial charge on any atom is -0.337 e. The van der Waals surface area contributed by atoms with Crippen LogP contribution in [0.3, 0.4) is 0 Å². The Hall–Kier alpha value is -0.610. The van der Waals surface area contributed by atoms with Gasteiger partial charge in [0.15, 0.2) is 0 Å². The van der Waals surface area contributed by atoms with Crippen LogP contribution in [0.1, 0.15) is 27.2 Å². The van der Waals surface area contributed by atoms with Crippen LogP contribution < -0.4 is 5.32 Å². The molecular formula is C14H27N3O. The van der Waals surface area contributed by atoms with Crippen molar-refractivity contribution in [2.45, 2.75) is 33.2 Å². The van der Waals surface area contributed by atoms with Crippen LogP contribution in [-0.4, -0.2) is 61.0 Å². The van der Waals surface area contributed by atoms with Gasteiger partial charge < -0.3 is 15.1 Å². The van der Waals surface area contributed by atoms with Gasteiger partial charge in [0.2, 0.25) is 5.91 Å². The van der Waals surface area contributed by atoms with Gasteiger partial charge in [0, 0.05) is 38.8 Å². The summed E-state index contributed by atoms with van der Waals surface area (Å²) >= 11 is 0. The highest BCUT2D eigenvalue weighted by molar-refractivity contribution is 5.79. The quantitative estimate of drug-likeness (QED) is 0.807. The molecule has 2 aliphatic heterocycles. The first-order valence-corrected chi connectivity index (χ1v) is 7.31. The first kappa shape index (κ1) is 13.8. The van der Waals surface area contributed by atoms with Crippen molar-refractivity contribution in [1.29, 1.82) is 0 Å². The van der Waals surface area contributed by atoms with E-state index >= 15 is 0 Å². The zero-order valence-electron chi connectivity index (χ0n) is 12.0. The molecule has 2 heterocycles. The van der Waals surface area contributed by atoms with Crippen molar-refractivity contribution in [3.05, 3.63) is 0 Å². The van der Waals surface area contributed by atoms with Gasteiger partial charge in [-0.1, -0.05) is 13.8 Å². The summed E-state index contributed by atoms with van der Waals surface area (Å²) in [6, 6.07) is 0.352. The van der Waals surface area contributed by atoms with Crippen LogP contribution in [-0.2, 0) is 4.79 Å². The molecule has 2 atom stereocenters. The van der Waals surface area contributed by atoms with Crippen LogP contribution in [0.5, 0.6) is 0 Å². The number of hydrogen-bond acceptors (Lipinski definition) is 3. The van der Waals surface area contributed by atoms with Gasteiger partial charge in [0.1, 0.15) is 0 Å². The lowest BCUT2D eigenvalue weighted by Crippen LogP contribution is -2.54. The van der Waals surface area contributed by atoms with E-state index in [1.807, 2.05) is 0 Å². The molecule has 0 unspecified atom stereocenters. The Bertz CT molecular complexity index is 293. The Morgan fingerprint density at radius 3 is 2.83 bits per heavy atom. The molecule has 4 heteroatoms. The summed E-state index contributed by atoms with van der Waals surface area (Å²) in [4.78, 5) is 17.0. The van der Waals surface area contributed by atoms with E-state index in [9.17, 15) is 4.79 Å². The van der Waals surface area contributed by atoms with Crippen molar-refractivity contribution in [3.63, 3.8) is 0 Å². The topological polar surface area (TPSA) is 35.6 Å². The number of likely N-dealkylation sites (tertiary alicyclic amines) is 1.